The van der Waals surface area contributed by atoms with Gasteiger partial charge < -0.3 is 33.5 Å². The Bertz CT molecular complexity index is 978. The number of methoxy groups -OCH3 is 2. The number of aliphatic hydroxyl groups is 1. The lowest BCUT2D eigenvalue weighted by atomic mass is 9.98. The first-order valence-corrected chi connectivity index (χ1v) is 11.9. The molecule has 0 aliphatic carbocycles. The fraction of sp³-hybridized carbons (Fsp3) is 0.577. The molecule has 9 nitrogen and oxygen atoms in total. The minimum absolute atomic E-state index is 0.0218. The van der Waals surface area contributed by atoms with E-state index in [0.717, 1.165) is 6.54 Å². The van der Waals surface area contributed by atoms with Gasteiger partial charge in [-0.15, -0.1) is 0 Å². The number of para-hydroxylation sites is 1. The van der Waals surface area contributed by atoms with Crippen LogP contribution < -0.4 is 4.74 Å². The standard InChI is InChI=1S/C26H35NO8/c1-14(22(28)15(2)23(29)18-9-7-8-10-20(18)30-5)16(3)33-21-13-19-24(17(4)34-21)35-25-26(31-6)32-12-11-27(19)25/h7-10,16-17,19,21,24-26,28H,2,11-13H2,1,3-6H3/b22-14-/t16-,17-,19-,21+,24+,25+,26-/m0/s1. The quantitative estimate of drug-likeness (QED) is 0.256. The minimum atomic E-state index is -0.513. The number of fused-ring (bicyclic) bond motifs is 3. The number of nitrogens with zero attached hydrogens (tertiary/aromatic N) is 1. The van der Waals surface area contributed by atoms with E-state index in [2.05, 4.69) is 11.5 Å². The third kappa shape index (κ3) is 5.02. The van der Waals surface area contributed by atoms with E-state index >= 15 is 0 Å². The molecule has 0 aromatic heterocycles. The fourth-order valence-electron chi connectivity index (χ4n) is 4.97. The lowest BCUT2D eigenvalue weighted by molar-refractivity contribution is -0.251. The van der Waals surface area contributed by atoms with Crippen molar-refractivity contribution in [2.45, 2.75) is 70.4 Å². The molecule has 1 aromatic carbocycles. The number of carbonyl (C=O) groups is 1. The third-order valence-corrected chi connectivity index (χ3v) is 7.04. The molecule has 1 N–H and O–H groups in total. The number of ether oxygens (including phenoxy) is 6. The number of Topliss-reactive ketones (excluding diaryl/α,β-unsaturated/α-hetero) is 1. The smallest absolute Gasteiger partial charge is 0.199 e. The monoisotopic (exact) mass is 489 g/mol. The van der Waals surface area contributed by atoms with Gasteiger partial charge in [-0.3, -0.25) is 9.69 Å². The second-order valence-electron chi connectivity index (χ2n) is 9.10. The van der Waals surface area contributed by atoms with Crippen molar-refractivity contribution in [2.75, 3.05) is 27.4 Å². The summed E-state index contributed by atoms with van der Waals surface area (Å²) in [6.45, 7) is 10.6. The first kappa shape index (κ1) is 25.8. The molecule has 3 aliphatic heterocycles. The van der Waals surface area contributed by atoms with E-state index in [0.29, 0.717) is 29.9 Å². The Balaban J connectivity index is 1.44. The zero-order chi connectivity index (χ0) is 25.3. The molecule has 3 fully saturated rings. The Hall–Kier alpha value is -2.27. The van der Waals surface area contributed by atoms with Crippen LogP contribution >= 0.6 is 0 Å². The Labute approximate surface area is 206 Å². The largest absolute Gasteiger partial charge is 0.507 e. The number of allylic oxidation sites excluding steroid dienone is 1. The fourth-order valence-corrected chi connectivity index (χ4v) is 4.97. The van der Waals surface area contributed by atoms with Gasteiger partial charge in [0.1, 0.15) is 17.6 Å². The summed E-state index contributed by atoms with van der Waals surface area (Å²) >= 11 is 0. The van der Waals surface area contributed by atoms with Gasteiger partial charge >= 0.3 is 0 Å². The van der Waals surface area contributed by atoms with Gasteiger partial charge in [-0.25, -0.2) is 0 Å². The summed E-state index contributed by atoms with van der Waals surface area (Å²) in [5.74, 6) is -0.190. The first-order chi connectivity index (χ1) is 16.8. The van der Waals surface area contributed by atoms with Crippen molar-refractivity contribution in [3.63, 3.8) is 0 Å². The summed E-state index contributed by atoms with van der Waals surface area (Å²) < 4.78 is 34.9. The Morgan fingerprint density at radius 2 is 2.00 bits per heavy atom. The number of rotatable bonds is 8. The summed E-state index contributed by atoms with van der Waals surface area (Å²) in [6.07, 6.45) is -1.45. The molecule has 1 aromatic rings. The summed E-state index contributed by atoms with van der Waals surface area (Å²) in [6, 6.07) is 6.93. The topological polar surface area (TPSA) is 95.9 Å². The minimum Gasteiger partial charge on any atom is -0.507 e. The van der Waals surface area contributed by atoms with E-state index in [9.17, 15) is 9.90 Å². The molecule has 0 radical (unpaired) electrons. The molecule has 0 saturated carbocycles. The molecule has 3 heterocycles. The molecule has 0 bridgehead atoms. The SMILES string of the molecule is C=C(C(=O)c1ccccc1OC)/C(O)=C(\C)[C@H](C)O[C@H]1C[C@H]2[C@H](O[C@@H]3[C@@H](OC)OCCN32)[C@H](C)O1. The number of morpholine rings is 1. The molecule has 9 heteroatoms. The maximum atomic E-state index is 13.0. The lowest BCUT2D eigenvalue weighted by Gasteiger charge is -2.40. The van der Waals surface area contributed by atoms with E-state index in [1.165, 1.54) is 7.11 Å². The zero-order valence-electron chi connectivity index (χ0n) is 20.9. The molecule has 0 spiro atoms. The molecule has 3 saturated heterocycles. The zero-order valence-corrected chi connectivity index (χ0v) is 20.9. The molecule has 35 heavy (non-hydrogen) atoms. The Kier molecular flexibility index (Phi) is 7.95. The van der Waals surface area contributed by atoms with Crippen LogP contribution in [0.25, 0.3) is 0 Å². The lowest BCUT2D eigenvalue weighted by Crippen LogP contribution is -2.55. The average Bonchev–Trinajstić information content (AvgIpc) is 3.26. The van der Waals surface area contributed by atoms with Crippen molar-refractivity contribution in [1.29, 1.82) is 0 Å². The Morgan fingerprint density at radius 3 is 2.71 bits per heavy atom. The molecule has 3 aliphatic rings. The normalized spacial score (nSPS) is 32.3. The number of benzene rings is 1. The van der Waals surface area contributed by atoms with Gasteiger partial charge in [0.2, 0.25) is 0 Å². The highest BCUT2D eigenvalue weighted by Gasteiger charge is 2.53. The number of hydrogen-bond donors (Lipinski definition) is 1. The van der Waals surface area contributed by atoms with Crippen LogP contribution in [0.2, 0.25) is 0 Å². The van der Waals surface area contributed by atoms with Crippen LogP contribution in [0.5, 0.6) is 5.75 Å². The number of aliphatic hydroxyl groups excluding tert-OH is 1. The van der Waals surface area contributed by atoms with E-state index in [4.69, 9.17) is 28.4 Å². The van der Waals surface area contributed by atoms with Gasteiger partial charge in [-0.05, 0) is 38.5 Å². The van der Waals surface area contributed by atoms with Crippen LogP contribution in [-0.4, -0.2) is 86.3 Å². The van der Waals surface area contributed by atoms with Crippen molar-refractivity contribution < 1.29 is 38.3 Å². The van der Waals surface area contributed by atoms with Crippen molar-refractivity contribution in [2.24, 2.45) is 0 Å². The number of ketones is 1. The summed E-state index contributed by atoms with van der Waals surface area (Å²) in [5, 5.41) is 10.8. The first-order valence-electron chi connectivity index (χ1n) is 11.9. The molecule has 0 amide bonds. The highest BCUT2D eigenvalue weighted by atomic mass is 16.7. The second-order valence-corrected chi connectivity index (χ2v) is 9.10. The molecular weight excluding hydrogens is 454 g/mol. The van der Waals surface area contributed by atoms with Gasteiger partial charge in [0.15, 0.2) is 24.6 Å². The van der Waals surface area contributed by atoms with E-state index in [1.807, 2.05) is 13.8 Å². The number of hydrogen-bond acceptors (Lipinski definition) is 9. The van der Waals surface area contributed by atoms with Gasteiger partial charge in [-0.1, -0.05) is 18.7 Å². The maximum Gasteiger partial charge on any atom is 0.199 e. The summed E-state index contributed by atoms with van der Waals surface area (Å²) in [5.41, 5.74) is 0.799. The summed E-state index contributed by atoms with van der Waals surface area (Å²) in [7, 11) is 3.10. The Morgan fingerprint density at radius 1 is 1.26 bits per heavy atom. The van der Waals surface area contributed by atoms with Crippen LogP contribution in [0.1, 0.15) is 37.6 Å². The average molecular weight is 490 g/mol. The van der Waals surface area contributed by atoms with E-state index < -0.39 is 24.5 Å². The van der Waals surface area contributed by atoms with E-state index in [1.54, 1.807) is 38.3 Å². The third-order valence-electron chi connectivity index (χ3n) is 7.04. The van der Waals surface area contributed by atoms with Gasteiger partial charge in [0.25, 0.3) is 0 Å². The van der Waals surface area contributed by atoms with Crippen molar-refractivity contribution in [3.8, 4) is 5.75 Å². The highest BCUT2D eigenvalue weighted by Crippen LogP contribution is 2.38. The summed E-state index contributed by atoms with van der Waals surface area (Å²) in [4.78, 5) is 15.2. The van der Waals surface area contributed by atoms with E-state index in [-0.39, 0.29) is 35.8 Å². The molecule has 7 atom stereocenters. The van der Waals surface area contributed by atoms with Crippen LogP contribution in [0.4, 0.5) is 0 Å². The molecular formula is C26H35NO8. The van der Waals surface area contributed by atoms with Crippen molar-refractivity contribution in [3.05, 3.63) is 53.3 Å². The van der Waals surface area contributed by atoms with Crippen LogP contribution in [0.15, 0.2) is 47.7 Å². The molecule has 0 unspecified atom stereocenters. The van der Waals surface area contributed by atoms with Gasteiger partial charge in [0.05, 0.1) is 37.1 Å². The highest BCUT2D eigenvalue weighted by molar-refractivity contribution is 6.12. The van der Waals surface area contributed by atoms with Crippen LogP contribution in [-0.2, 0) is 23.7 Å². The molecule has 4 rings (SSSR count). The number of carbonyl (C=O) groups excluding carboxylic acids is 1. The van der Waals surface area contributed by atoms with Crippen molar-refractivity contribution >= 4 is 5.78 Å². The van der Waals surface area contributed by atoms with Crippen LogP contribution in [0, 0.1) is 0 Å². The van der Waals surface area contributed by atoms with Gasteiger partial charge in [0, 0.05) is 26.1 Å². The molecule has 192 valence electrons. The maximum absolute atomic E-state index is 13.0. The predicted molar refractivity (Wildman–Crippen MR) is 127 cm³/mol. The van der Waals surface area contributed by atoms with Gasteiger partial charge in [-0.2, -0.15) is 0 Å². The predicted octanol–water partition coefficient (Wildman–Crippen LogP) is 3.20. The second kappa shape index (κ2) is 10.8. The van der Waals surface area contributed by atoms with Crippen LogP contribution in [0.3, 0.4) is 0 Å². The van der Waals surface area contributed by atoms with Crippen molar-refractivity contribution in [1.82, 2.24) is 4.90 Å².